The van der Waals surface area contributed by atoms with Gasteiger partial charge in [-0.3, -0.25) is 14.9 Å². The maximum absolute atomic E-state index is 11.4. The summed E-state index contributed by atoms with van der Waals surface area (Å²) in [5, 5.41) is 13.9. The number of carbonyl (C=O) groups is 1. The number of aryl methyl sites for hydroxylation is 1. The van der Waals surface area contributed by atoms with E-state index in [0.29, 0.717) is 12.2 Å². The Labute approximate surface area is 111 Å². The van der Waals surface area contributed by atoms with Crippen LogP contribution in [0.2, 0.25) is 0 Å². The molecule has 0 bridgehead atoms. The number of nitrogens with zero attached hydrogens (tertiary/aromatic N) is 1. The Hall–Kier alpha value is -1.95. The fourth-order valence-corrected chi connectivity index (χ4v) is 1.69. The number of hydrogen-bond donors (Lipinski definition) is 1. The summed E-state index contributed by atoms with van der Waals surface area (Å²) in [4.78, 5) is 22.0. The van der Waals surface area contributed by atoms with Gasteiger partial charge in [-0.05, 0) is 26.3 Å². The molecule has 6 nitrogen and oxygen atoms in total. The highest BCUT2D eigenvalue weighted by Gasteiger charge is 2.18. The van der Waals surface area contributed by atoms with Gasteiger partial charge in [-0.2, -0.15) is 0 Å². The molecule has 6 heteroatoms. The van der Waals surface area contributed by atoms with Gasteiger partial charge in [0.1, 0.15) is 6.04 Å². The van der Waals surface area contributed by atoms with Gasteiger partial charge < -0.3 is 10.1 Å². The van der Waals surface area contributed by atoms with Crippen LogP contribution < -0.4 is 5.32 Å². The lowest BCUT2D eigenvalue weighted by atomic mass is 10.1. The van der Waals surface area contributed by atoms with Gasteiger partial charge in [0.05, 0.1) is 11.5 Å². The standard InChI is InChI=1S/C13H18N2O4/c1-4-19-13(16)10(3)14-8-11-9(2)6-5-7-12(11)15(17)18/h5-7,10,14H,4,8H2,1-3H3/t10-/m1/s1. The molecule has 0 aromatic heterocycles. The van der Waals surface area contributed by atoms with Crippen LogP contribution in [0.5, 0.6) is 0 Å². The van der Waals surface area contributed by atoms with Crippen LogP contribution in [0.3, 0.4) is 0 Å². The fraction of sp³-hybridized carbons (Fsp3) is 0.462. The van der Waals surface area contributed by atoms with Gasteiger partial charge in [-0.25, -0.2) is 0 Å². The van der Waals surface area contributed by atoms with Crippen LogP contribution in [0, 0.1) is 17.0 Å². The average Bonchev–Trinajstić information content (AvgIpc) is 2.36. The highest BCUT2D eigenvalue weighted by Crippen LogP contribution is 2.21. The lowest BCUT2D eigenvalue weighted by molar-refractivity contribution is -0.385. The Morgan fingerprint density at radius 2 is 2.21 bits per heavy atom. The van der Waals surface area contributed by atoms with Crippen molar-refractivity contribution in [1.29, 1.82) is 0 Å². The highest BCUT2D eigenvalue weighted by atomic mass is 16.6. The summed E-state index contributed by atoms with van der Waals surface area (Å²) in [7, 11) is 0. The highest BCUT2D eigenvalue weighted by molar-refractivity contribution is 5.75. The lowest BCUT2D eigenvalue weighted by Gasteiger charge is -2.13. The monoisotopic (exact) mass is 266 g/mol. The zero-order chi connectivity index (χ0) is 14.4. The number of carbonyl (C=O) groups excluding carboxylic acids is 1. The third-order valence-electron chi connectivity index (χ3n) is 2.81. The van der Waals surface area contributed by atoms with Gasteiger partial charge in [-0.1, -0.05) is 12.1 Å². The molecule has 0 unspecified atom stereocenters. The second-order valence-corrected chi connectivity index (χ2v) is 4.18. The number of esters is 1. The van der Waals surface area contributed by atoms with Crippen molar-refractivity contribution in [3.05, 3.63) is 39.4 Å². The van der Waals surface area contributed by atoms with E-state index in [1.807, 2.05) is 0 Å². The molecule has 19 heavy (non-hydrogen) atoms. The van der Waals surface area contributed by atoms with Crippen LogP contribution in [0.4, 0.5) is 5.69 Å². The van der Waals surface area contributed by atoms with Crippen molar-refractivity contribution in [3.63, 3.8) is 0 Å². The molecule has 0 saturated carbocycles. The minimum Gasteiger partial charge on any atom is -0.465 e. The molecule has 0 spiro atoms. The third kappa shape index (κ3) is 4.03. The number of nitro benzene ring substituents is 1. The van der Waals surface area contributed by atoms with Crippen LogP contribution in [0.1, 0.15) is 25.0 Å². The summed E-state index contributed by atoms with van der Waals surface area (Å²) < 4.78 is 4.86. The Morgan fingerprint density at radius 1 is 1.53 bits per heavy atom. The van der Waals surface area contributed by atoms with E-state index in [1.54, 1.807) is 32.9 Å². The summed E-state index contributed by atoms with van der Waals surface area (Å²) >= 11 is 0. The average molecular weight is 266 g/mol. The van der Waals surface area contributed by atoms with E-state index in [-0.39, 0.29) is 18.2 Å². The largest absolute Gasteiger partial charge is 0.465 e. The number of benzene rings is 1. The molecular formula is C13H18N2O4. The van der Waals surface area contributed by atoms with Crippen LogP contribution in [-0.2, 0) is 16.1 Å². The van der Waals surface area contributed by atoms with Crippen LogP contribution in [-0.4, -0.2) is 23.5 Å². The van der Waals surface area contributed by atoms with Crippen molar-refractivity contribution >= 4 is 11.7 Å². The molecule has 0 aliphatic heterocycles. The van der Waals surface area contributed by atoms with Crippen LogP contribution in [0.15, 0.2) is 18.2 Å². The molecule has 0 heterocycles. The first-order chi connectivity index (χ1) is 8.97. The maximum atomic E-state index is 11.4. The molecule has 1 aromatic rings. The summed E-state index contributed by atoms with van der Waals surface area (Å²) in [5.74, 6) is -0.362. The van der Waals surface area contributed by atoms with Crippen LogP contribution >= 0.6 is 0 Å². The molecule has 1 rings (SSSR count). The number of rotatable bonds is 6. The topological polar surface area (TPSA) is 81.5 Å². The molecule has 0 radical (unpaired) electrons. The second kappa shape index (κ2) is 6.84. The minimum absolute atomic E-state index is 0.0589. The molecule has 1 aromatic carbocycles. The molecular weight excluding hydrogens is 248 g/mol. The van der Waals surface area contributed by atoms with Gasteiger partial charge >= 0.3 is 5.97 Å². The van der Waals surface area contributed by atoms with Crippen LogP contribution in [0.25, 0.3) is 0 Å². The zero-order valence-electron chi connectivity index (χ0n) is 11.3. The molecule has 0 aliphatic rings. The molecule has 1 atom stereocenters. The predicted molar refractivity (Wildman–Crippen MR) is 70.8 cm³/mol. The van der Waals surface area contributed by atoms with E-state index < -0.39 is 11.0 Å². The first kappa shape index (κ1) is 15.1. The summed E-state index contributed by atoms with van der Waals surface area (Å²) in [6, 6.07) is 4.41. The number of ether oxygens (including phenoxy) is 1. The van der Waals surface area contributed by atoms with E-state index in [2.05, 4.69) is 5.32 Å². The number of nitro groups is 1. The van der Waals surface area contributed by atoms with E-state index in [4.69, 9.17) is 4.74 Å². The van der Waals surface area contributed by atoms with Gasteiger partial charge in [0.15, 0.2) is 0 Å². The van der Waals surface area contributed by atoms with E-state index in [0.717, 1.165) is 5.56 Å². The van der Waals surface area contributed by atoms with E-state index in [1.165, 1.54) is 6.07 Å². The smallest absolute Gasteiger partial charge is 0.322 e. The third-order valence-corrected chi connectivity index (χ3v) is 2.81. The minimum atomic E-state index is -0.501. The Bertz CT molecular complexity index is 474. The first-order valence-corrected chi connectivity index (χ1v) is 6.10. The Kier molecular flexibility index (Phi) is 5.44. The van der Waals surface area contributed by atoms with Gasteiger partial charge in [-0.15, -0.1) is 0 Å². The van der Waals surface area contributed by atoms with Crippen molar-refractivity contribution in [2.75, 3.05) is 6.61 Å². The fourth-order valence-electron chi connectivity index (χ4n) is 1.69. The predicted octanol–water partition coefficient (Wildman–Crippen LogP) is 1.94. The van der Waals surface area contributed by atoms with Gasteiger partial charge in [0.25, 0.3) is 5.69 Å². The number of nitrogens with one attached hydrogen (secondary N) is 1. The first-order valence-electron chi connectivity index (χ1n) is 6.10. The summed E-state index contributed by atoms with van der Waals surface area (Å²) in [6.07, 6.45) is 0. The molecule has 0 saturated heterocycles. The normalized spacial score (nSPS) is 11.9. The summed E-state index contributed by atoms with van der Waals surface area (Å²) in [6.45, 7) is 5.77. The molecule has 0 amide bonds. The quantitative estimate of drug-likeness (QED) is 0.483. The zero-order valence-corrected chi connectivity index (χ0v) is 11.3. The van der Waals surface area contributed by atoms with Crippen molar-refractivity contribution in [1.82, 2.24) is 5.32 Å². The molecule has 104 valence electrons. The SMILES string of the molecule is CCOC(=O)[C@@H](C)NCc1c(C)cccc1[N+](=O)[O-]. The molecule has 1 N–H and O–H groups in total. The van der Waals surface area contributed by atoms with Crippen molar-refractivity contribution < 1.29 is 14.5 Å². The lowest BCUT2D eigenvalue weighted by Crippen LogP contribution is -2.35. The molecule has 0 aliphatic carbocycles. The second-order valence-electron chi connectivity index (χ2n) is 4.18. The Balaban J connectivity index is 2.77. The van der Waals surface area contributed by atoms with Crippen molar-refractivity contribution in [2.45, 2.75) is 33.4 Å². The summed E-state index contributed by atoms with van der Waals surface area (Å²) in [5.41, 5.74) is 1.46. The Morgan fingerprint density at radius 3 is 2.79 bits per heavy atom. The van der Waals surface area contributed by atoms with E-state index in [9.17, 15) is 14.9 Å². The maximum Gasteiger partial charge on any atom is 0.322 e. The van der Waals surface area contributed by atoms with Crippen molar-refractivity contribution in [2.24, 2.45) is 0 Å². The number of hydrogen-bond acceptors (Lipinski definition) is 5. The van der Waals surface area contributed by atoms with Crippen molar-refractivity contribution in [3.8, 4) is 0 Å². The van der Waals surface area contributed by atoms with Gasteiger partial charge in [0.2, 0.25) is 0 Å². The van der Waals surface area contributed by atoms with Gasteiger partial charge in [0, 0.05) is 18.2 Å². The molecule has 0 fully saturated rings. The van der Waals surface area contributed by atoms with E-state index >= 15 is 0 Å².